The minimum absolute atomic E-state index is 0.140. The van der Waals surface area contributed by atoms with Crippen molar-refractivity contribution in [2.45, 2.75) is 25.4 Å². The fourth-order valence-electron chi connectivity index (χ4n) is 2.87. The van der Waals surface area contributed by atoms with Gasteiger partial charge < -0.3 is 10.4 Å². The van der Waals surface area contributed by atoms with Gasteiger partial charge in [0.2, 0.25) is 0 Å². The maximum Gasteiger partial charge on any atom is 0.251 e. The van der Waals surface area contributed by atoms with E-state index < -0.39 is 5.60 Å². The van der Waals surface area contributed by atoms with Gasteiger partial charge in [-0.1, -0.05) is 48.0 Å². The Morgan fingerprint density at radius 1 is 1.18 bits per heavy atom. The van der Waals surface area contributed by atoms with E-state index in [1.165, 1.54) is 0 Å². The molecule has 1 amide bonds. The molecule has 1 unspecified atom stereocenters. The molecule has 1 aliphatic carbocycles. The number of aryl methyl sites for hydroxylation is 1. The van der Waals surface area contributed by atoms with Crippen molar-refractivity contribution in [3.63, 3.8) is 0 Å². The second-order valence-electron chi connectivity index (χ2n) is 6.12. The summed E-state index contributed by atoms with van der Waals surface area (Å²) in [6.45, 7) is 2.20. The number of hydrogen-bond donors (Lipinski definition) is 2. The molecule has 0 aliphatic heterocycles. The number of aliphatic hydroxyl groups is 1. The molecule has 3 nitrogen and oxygen atoms in total. The van der Waals surface area contributed by atoms with Gasteiger partial charge in [0, 0.05) is 5.56 Å². The normalized spacial score (nSPS) is 16.8. The van der Waals surface area contributed by atoms with Crippen LogP contribution in [-0.2, 0) is 5.60 Å². The molecule has 114 valence electrons. The Bertz CT molecular complexity index is 664. The van der Waals surface area contributed by atoms with Crippen LogP contribution in [0.3, 0.4) is 0 Å². The molecule has 0 saturated heterocycles. The molecule has 0 spiro atoms. The number of carbonyl (C=O) groups is 1. The second-order valence-corrected chi connectivity index (χ2v) is 6.12. The summed E-state index contributed by atoms with van der Waals surface area (Å²) in [7, 11) is 0. The Morgan fingerprint density at radius 3 is 2.55 bits per heavy atom. The van der Waals surface area contributed by atoms with Crippen LogP contribution in [0.15, 0.2) is 54.6 Å². The lowest BCUT2D eigenvalue weighted by molar-refractivity contribution is 0.0135. The summed E-state index contributed by atoms with van der Waals surface area (Å²) in [5, 5.41) is 14.0. The third-order valence-electron chi connectivity index (χ3n) is 4.33. The predicted molar refractivity (Wildman–Crippen MR) is 86.6 cm³/mol. The first kappa shape index (κ1) is 14.8. The predicted octanol–water partition coefficient (Wildman–Crippen LogP) is 3.02. The molecule has 0 aromatic heterocycles. The quantitative estimate of drug-likeness (QED) is 0.891. The topological polar surface area (TPSA) is 49.3 Å². The van der Waals surface area contributed by atoms with Gasteiger partial charge in [-0.05, 0) is 43.4 Å². The molecule has 3 heteroatoms. The smallest absolute Gasteiger partial charge is 0.251 e. The van der Waals surface area contributed by atoms with Gasteiger partial charge >= 0.3 is 0 Å². The van der Waals surface area contributed by atoms with Gasteiger partial charge in [0.1, 0.15) is 5.60 Å². The summed E-state index contributed by atoms with van der Waals surface area (Å²) in [5.41, 5.74) is 1.59. The minimum atomic E-state index is -0.971. The summed E-state index contributed by atoms with van der Waals surface area (Å²) in [6.07, 6.45) is 2.01. The van der Waals surface area contributed by atoms with Gasteiger partial charge in [0.05, 0.1) is 6.54 Å². The molecular formula is C19H21NO2. The highest BCUT2D eigenvalue weighted by molar-refractivity contribution is 5.94. The van der Waals surface area contributed by atoms with Crippen LogP contribution in [-0.4, -0.2) is 17.6 Å². The molecule has 0 radical (unpaired) electrons. The van der Waals surface area contributed by atoms with Gasteiger partial charge in [-0.3, -0.25) is 4.79 Å². The molecule has 1 atom stereocenters. The first-order chi connectivity index (χ1) is 10.6. The van der Waals surface area contributed by atoms with E-state index in [1.54, 1.807) is 6.07 Å². The molecule has 22 heavy (non-hydrogen) atoms. The summed E-state index contributed by atoms with van der Waals surface area (Å²) in [4.78, 5) is 12.3. The average molecular weight is 295 g/mol. The van der Waals surface area contributed by atoms with Gasteiger partial charge in [0.25, 0.3) is 5.91 Å². The molecule has 1 fully saturated rings. The minimum Gasteiger partial charge on any atom is -0.383 e. The monoisotopic (exact) mass is 295 g/mol. The Morgan fingerprint density at radius 2 is 1.91 bits per heavy atom. The highest BCUT2D eigenvalue weighted by atomic mass is 16.3. The lowest BCUT2D eigenvalue weighted by Gasteiger charge is -2.29. The lowest BCUT2D eigenvalue weighted by atomic mass is 9.88. The number of carbonyl (C=O) groups excluding carboxylic acids is 1. The van der Waals surface area contributed by atoms with E-state index in [0.29, 0.717) is 5.56 Å². The van der Waals surface area contributed by atoms with Crippen LogP contribution < -0.4 is 5.32 Å². The number of amides is 1. The zero-order valence-corrected chi connectivity index (χ0v) is 12.8. The van der Waals surface area contributed by atoms with Crippen LogP contribution in [0.4, 0.5) is 0 Å². The van der Waals surface area contributed by atoms with Gasteiger partial charge in [-0.15, -0.1) is 0 Å². The molecule has 2 aromatic rings. The maximum absolute atomic E-state index is 12.3. The van der Waals surface area contributed by atoms with Crippen LogP contribution in [0.5, 0.6) is 0 Å². The van der Waals surface area contributed by atoms with E-state index in [-0.39, 0.29) is 18.4 Å². The van der Waals surface area contributed by atoms with Crippen molar-refractivity contribution in [2.75, 3.05) is 6.54 Å². The summed E-state index contributed by atoms with van der Waals surface area (Å²) in [6, 6.07) is 17.1. The SMILES string of the molecule is Cc1cccc(C(=O)NCC(O)(c2ccccc2)C2CC2)c1. The van der Waals surface area contributed by atoms with Gasteiger partial charge in [-0.2, -0.15) is 0 Å². The zero-order chi connectivity index (χ0) is 15.6. The van der Waals surface area contributed by atoms with Crippen LogP contribution in [0.1, 0.15) is 34.3 Å². The summed E-state index contributed by atoms with van der Waals surface area (Å²) in [5.74, 6) is 0.0893. The molecular weight excluding hydrogens is 274 g/mol. The highest BCUT2D eigenvalue weighted by Gasteiger charge is 2.45. The molecule has 0 bridgehead atoms. The van der Waals surface area contributed by atoms with Gasteiger partial charge in [-0.25, -0.2) is 0 Å². The lowest BCUT2D eigenvalue weighted by Crippen LogP contribution is -2.42. The van der Waals surface area contributed by atoms with E-state index in [9.17, 15) is 9.90 Å². The van der Waals surface area contributed by atoms with Gasteiger partial charge in [0.15, 0.2) is 0 Å². The van der Waals surface area contributed by atoms with Crippen molar-refractivity contribution in [1.29, 1.82) is 0 Å². The van der Waals surface area contributed by atoms with Crippen molar-refractivity contribution in [3.05, 3.63) is 71.3 Å². The number of rotatable bonds is 5. The highest BCUT2D eigenvalue weighted by Crippen LogP contribution is 2.45. The molecule has 2 N–H and O–H groups in total. The van der Waals surface area contributed by atoms with E-state index in [2.05, 4.69) is 5.32 Å². The van der Waals surface area contributed by atoms with Crippen molar-refractivity contribution in [2.24, 2.45) is 5.92 Å². The Hall–Kier alpha value is -2.13. The first-order valence-electron chi connectivity index (χ1n) is 7.72. The Labute approximate surface area is 131 Å². The van der Waals surface area contributed by atoms with E-state index in [1.807, 2.05) is 55.5 Å². The van der Waals surface area contributed by atoms with Crippen LogP contribution >= 0.6 is 0 Å². The number of hydrogen-bond acceptors (Lipinski definition) is 2. The van der Waals surface area contributed by atoms with Crippen molar-refractivity contribution < 1.29 is 9.90 Å². The summed E-state index contributed by atoms with van der Waals surface area (Å²) >= 11 is 0. The maximum atomic E-state index is 12.3. The second kappa shape index (κ2) is 5.93. The van der Waals surface area contributed by atoms with Crippen LogP contribution in [0.25, 0.3) is 0 Å². The zero-order valence-electron chi connectivity index (χ0n) is 12.8. The molecule has 3 rings (SSSR count). The molecule has 2 aromatic carbocycles. The van der Waals surface area contributed by atoms with Crippen LogP contribution in [0, 0.1) is 12.8 Å². The molecule has 1 saturated carbocycles. The average Bonchev–Trinajstić information content (AvgIpc) is 3.38. The fourth-order valence-corrected chi connectivity index (χ4v) is 2.87. The Kier molecular flexibility index (Phi) is 3.99. The van der Waals surface area contributed by atoms with E-state index in [4.69, 9.17) is 0 Å². The number of nitrogens with one attached hydrogen (secondary N) is 1. The fraction of sp³-hybridized carbons (Fsp3) is 0.316. The summed E-state index contributed by atoms with van der Waals surface area (Å²) < 4.78 is 0. The largest absolute Gasteiger partial charge is 0.383 e. The van der Waals surface area contributed by atoms with Crippen molar-refractivity contribution in [1.82, 2.24) is 5.32 Å². The third-order valence-corrected chi connectivity index (χ3v) is 4.33. The van der Waals surface area contributed by atoms with E-state index >= 15 is 0 Å². The molecule has 1 aliphatic rings. The Balaban J connectivity index is 1.74. The van der Waals surface area contributed by atoms with Crippen molar-refractivity contribution in [3.8, 4) is 0 Å². The van der Waals surface area contributed by atoms with E-state index in [0.717, 1.165) is 24.0 Å². The van der Waals surface area contributed by atoms with Crippen molar-refractivity contribution >= 4 is 5.91 Å². The first-order valence-corrected chi connectivity index (χ1v) is 7.72. The molecule has 0 heterocycles. The third kappa shape index (κ3) is 3.04. The number of benzene rings is 2. The standard InChI is InChI=1S/C19H21NO2/c1-14-6-5-7-15(12-14)18(21)20-13-19(22,17-10-11-17)16-8-3-2-4-9-16/h2-9,12,17,22H,10-11,13H2,1H3,(H,20,21). The van der Waals surface area contributed by atoms with Crippen LogP contribution in [0.2, 0.25) is 0 Å².